The van der Waals surface area contributed by atoms with E-state index in [4.69, 9.17) is 4.74 Å². The Hall–Kier alpha value is -0.140. The molecule has 1 atom stereocenters. The molecule has 0 fully saturated rings. The Kier molecular flexibility index (Phi) is 4.81. The lowest BCUT2D eigenvalue weighted by Crippen LogP contribution is -2.30. The van der Waals surface area contributed by atoms with E-state index in [2.05, 4.69) is 34.0 Å². The van der Waals surface area contributed by atoms with Crippen molar-refractivity contribution in [3.05, 3.63) is 19.4 Å². The van der Waals surface area contributed by atoms with Gasteiger partial charge in [-0.1, -0.05) is 0 Å². The van der Waals surface area contributed by atoms with Crippen LogP contribution in [0.4, 0.5) is 0 Å². The maximum absolute atomic E-state index is 11.3. The van der Waals surface area contributed by atoms with Crippen LogP contribution in [-0.2, 0) is 16.0 Å². The van der Waals surface area contributed by atoms with Crippen molar-refractivity contribution in [3.63, 3.8) is 0 Å². The van der Waals surface area contributed by atoms with Crippen LogP contribution in [0.1, 0.15) is 36.2 Å². The lowest BCUT2D eigenvalue weighted by molar-refractivity contribution is -0.142. The summed E-state index contributed by atoms with van der Waals surface area (Å²) in [6.45, 7) is 2.59. The number of nitrogens with one attached hydrogen (secondary N) is 1. The molecular formula is C12H16INO2S. The van der Waals surface area contributed by atoms with Crippen LogP contribution < -0.4 is 5.32 Å². The number of thiophene rings is 1. The molecule has 1 aliphatic rings. The minimum atomic E-state index is -0.162. The van der Waals surface area contributed by atoms with E-state index in [-0.39, 0.29) is 5.97 Å². The van der Waals surface area contributed by atoms with E-state index in [1.54, 1.807) is 0 Å². The molecule has 1 N–H and O–H groups in total. The highest BCUT2D eigenvalue weighted by Crippen LogP contribution is 2.36. The van der Waals surface area contributed by atoms with Crippen molar-refractivity contribution in [2.24, 2.45) is 0 Å². The van der Waals surface area contributed by atoms with Gasteiger partial charge in [0.05, 0.1) is 16.0 Å². The smallest absolute Gasteiger partial charge is 0.319 e. The van der Waals surface area contributed by atoms with Crippen LogP contribution >= 0.6 is 33.9 Å². The van der Waals surface area contributed by atoms with Crippen LogP contribution in [0.5, 0.6) is 0 Å². The molecule has 0 spiro atoms. The molecule has 1 heterocycles. The fourth-order valence-electron chi connectivity index (χ4n) is 2.15. The predicted molar refractivity (Wildman–Crippen MR) is 77.4 cm³/mol. The Bertz CT molecular complexity index is 405. The van der Waals surface area contributed by atoms with Gasteiger partial charge in [0.25, 0.3) is 0 Å². The minimum absolute atomic E-state index is 0.162. The number of rotatable bonds is 4. The lowest BCUT2D eigenvalue weighted by Gasteiger charge is -2.23. The van der Waals surface area contributed by atoms with Crippen molar-refractivity contribution in [2.75, 3.05) is 13.2 Å². The second kappa shape index (κ2) is 6.15. The Balaban J connectivity index is 1.96. The van der Waals surface area contributed by atoms with Gasteiger partial charge in [-0.2, -0.15) is 0 Å². The maximum atomic E-state index is 11.3. The number of carbonyl (C=O) groups is 1. The van der Waals surface area contributed by atoms with Gasteiger partial charge < -0.3 is 4.74 Å². The standard InChI is InChI=1S/C12H16INO2S/c1-2-16-12(15)7-14-9-4-3-5-10-8(9)6-11(13)17-10/h6,9,14H,2-5,7H2,1H3. The number of carbonyl (C=O) groups excluding carboxylic acids is 1. The summed E-state index contributed by atoms with van der Waals surface area (Å²) in [5, 5.41) is 3.30. The van der Waals surface area contributed by atoms with Crippen LogP contribution in [0.25, 0.3) is 0 Å². The van der Waals surface area contributed by atoms with Crippen LogP contribution in [0.3, 0.4) is 0 Å². The van der Waals surface area contributed by atoms with E-state index < -0.39 is 0 Å². The SMILES string of the molecule is CCOC(=O)CNC1CCCc2sc(I)cc21. The van der Waals surface area contributed by atoms with Crippen molar-refractivity contribution in [2.45, 2.75) is 32.2 Å². The van der Waals surface area contributed by atoms with Gasteiger partial charge in [-0.15, -0.1) is 11.3 Å². The lowest BCUT2D eigenvalue weighted by atomic mass is 9.94. The average Bonchev–Trinajstić information content (AvgIpc) is 2.67. The quantitative estimate of drug-likeness (QED) is 0.659. The van der Waals surface area contributed by atoms with Crippen molar-refractivity contribution >= 4 is 39.9 Å². The van der Waals surface area contributed by atoms with E-state index in [1.807, 2.05) is 18.3 Å². The summed E-state index contributed by atoms with van der Waals surface area (Å²) in [4.78, 5) is 12.8. The number of halogens is 1. The third-order valence-electron chi connectivity index (χ3n) is 2.88. The molecule has 0 radical (unpaired) electrons. The van der Waals surface area contributed by atoms with Gasteiger partial charge in [0.15, 0.2) is 0 Å². The second-order valence-electron chi connectivity index (χ2n) is 4.06. The molecule has 1 aromatic heterocycles. The summed E-state index contributed by atoms with van der Waals surface area (Å²) in [7, 11) is 0. The topological polar surface area (TPSA) is 38.3 Å². The molecule has 1 aromatic rings. The number of esters is 1. The van der Waals surface area contributed by atoms with E-state index in [1.165, 1.54) is 26.2 Å². The highest BCUT2D eigenvalue weighted by Gasteiger charge is 2.22. The summed E-state index contributed by atoms with van der Waals surface area (Å²) in [5.74, 6) is -0.162. The summed E-state index contributed by atoms with van der Waals surface area (Å²) >= 11 is 4.23. The van der Waals surface area contributed by atoms with E-state index in [0.29, 0.717) is 19.2 Å². The molecule has 2 rings (SSSR count). The molecule has 0 bridgehead atoms. The second-order valence-corrected chi connectivity index (χ2v) is 7.09. The summed E-state index contributed by atoms with van der Waals surface area (Å²) < 4.78 is 6.26. The number of fused-ring (bicyclic) bond motifs is 1. The molecular weight excluding hydrogens is 349 g/mol. The zero-order valence-electron chi connectivity index (χ0n) is 9.79. The van der Waals surface area contributed by atoms with Gasteiger partial charge in [0, 0.05) is 10.9 Å². The fraction of sp³-hybridized carbons (Fsp3) is 0.583. The predicted octanol–water partition coefficient (Wildman–Crippen LogP) is 2.88. The van der Waals surface area contributed by atoms with Crippen LogP contribution in [-0.4, -0.2) is 19.1 Å². The highest BCUT2D eigenvalue weighted by atomic mass is 127. The van der Waals surface area contributed by atoms with Crippen LogP contribution in [0.15, 0.2) is 6.07 Å². The number of ether oxygens (including phenoxy) is 1. The first kappa shape index (κ1) is 13.3. The molecule has 0 saturated heterocycles. The fourth-order valence-corrected chi connectivity index (χ4v) is 4.27. The van der Waals surface area contributed by atoms with Gasteiger partial charge in [-0.05, 0) is 60.4 Å². The monoisotopic (exact) mass is 365 g/mol. The van der Waals surface area contributed by atoms with Gasteiger partial charge in [0.1, 0.15) is 0 Å². The van der Waals surface area contributed by atoms with Gasteiger partial charge in [-0.3, -0.25) is 10.1 Å². The van der Waals surface area contributed by atoms with Crippen molar-refractivity contribution in [1.82, 2.24) is 5.32 Å². The molecule has 94 valence electrons. The molecule has 1 unspecified atom stereocenters. The molecule has 0 saturated carbocycles. The molecule has 1 aliphatic carbocycles. The van der Waals surface area contributed by atoms with Crippen LogP contribution in [0, 0.1) is 2.88 Å². The molecule has 5 heteroatoms. The third kappa shape index (κ3) is 3.42. The van der Waals surface area contributed by atoms with Gasteiger partial charge in [-0.25, -0.2) is 0 Å². The molecule has 0 aromatic carbocycles. The Morgan fingerprint density at radius 3 is 3.29 bits per heavy atom. The first-order valence-corrected chi connectivity index (χ1v) is 7.77. The summed E-state index contributed by atoms with van der Waals surface area (Å²) in [5.41, 5.74) is 1.38. The van der Waals surface area contributed by atoms with Crippen molar-refractivity contribution in [3.8, 4) is 0 Å². The normalized spacial score (nSPS) is 18.8. The van der Waals surface area contributed by atoms with Crippen molar-refractivity contribution < 1.29 is 9.53 Å². The van der Waals surface area contributed by atoms with Gasteiger partial charge >= 0.3 is 5.97 Å². The first-order chi connectivity index (χ1) is 8.20. The molecule has 17 heavy (non-hydrogen) atoms. The minimum Gasteiger partial charge on any atom is -0.465 e. The van der Waals surface area contributed by atoms with Crippen LogP contribution in [0.2, 0.25) is 0 Å². The first-order valence-electron chi connectivity index (χ1n) is 5.87. The highest BCUT2D eigenvalue weighted by molar-refractivity contribution is 14.1. The maximum Gasteiger partial charge on any atom is 0.319 e. The summed E-state index contributed by atoms with van der Waals surface area (Å²) in [6, 6.07) is 2.56. The number of aryl methyl sites for hydroxylation is 1. The van der Waals surface area contributed by atoms with E-state index in [0.717, 1.165) is 6.42 Å². The number of hydrogen-bond donors (Lipinski definition) is 1. The largest absolute Gasteiger partial charge is 0.465 e. The van der Waals surface area contributed by atoms with Crippen molar-refractivity contribution in [1.29, 1.82) is 0 Å². The number of hydrogen-bond acceptors (Lipinski definition) is 4. The molecule has 0 amide bonds. The molecule has 3 nitrogen and oxygen atoms in total. The van der Waals surface area contributed by atoms with E-state index in [9.17, 15) is 4.79 Å². The zero-order valence-corrected chi connectivity index (χ0v) is 12.8. The Morgan fingerprint density at radius 2 is 2.53 bits per heavy atom. The van der Waals surface area contributed by atoms with E-state index >= 15 is 0 Å². The Morgan fingerprint density at radius 1 is 1.71 bits per heavy atom. The van der Waals surface area contributed by atoms with Gasteiger partial charge in [0.2, 0.25) is 0 Å². The zero-order chi connectivity index (χ0) is 12.3. The third-order valence-corrected chi connectivity index (χ3v) is 4.85. The average molecular weight is 365 g/mol. The molecule has 0 aliphatic heterocycles. The Labute approximate surface area is 119 Å². The summed E-state index contributed by atoms with van der Waals surface area (Å²) in [6.07, 6.45) is 3.49.